The molecule has 0 spiro atoms. The summed E-state index contributed by atoms with van der Waals surface area (Å²) in [6, 6.07) is 0.596. The molecule has 2 saturated heterocycles. The number of carbonyl (C=O) groups is 1. The second kappa shape index (κ2) is 5.78. The topological polar surface area (TPSA) is 66.5 Å². The van der Waals surface area contributed by atoms with Crippen LogP contribution in [0.2, 0.25) is 0 Å². The molecular formula is C15H26N2O3S. The van der Waals surface area contributed by atoms with Crippen LogP contribution in [0.3, 0.4) is 0 Å². The molecule has 1 saturated carbocycles. The molecule has 2 bridgehead atoms. The number of urea groups is 1. The maximum absolute atomic E-state index is 12.5. The van der Waals surface area contributed by atoms with E-state index in [2.05, 4.69) is 5.32 Å². The van der Waals surface area contributed by atoms with Crippen LogP contribution < -0.4 is 5.32 Å². The van der Waals surface area contributed by atoms with Gasteiger partial charge in [-0.25, -0.2) is 13.2 Å². The lowest BCUT2D eigenvalue weighted by Crippen LogP contribution is -2.54. The fourth-order valence-corrected chi connectivity index (χ4v) is 5.45. The van der Waals surface area contributed by atoms with Crippen molar-refractivity contribution in [2.45, 2.75) is 81.2 Å². The Morgan fingerprint density at radius 3 is 2.10 bits per heavy atom. The lowest BCUT2D eigenvalue weighted by molar-refractivity contribution is 0.142. The lowest BCUT2D eigenvalue weighted by Gasteiger charge is -2.39. The van der Waals surface area contributed by atoms with Gasteiger partial charge in [-0.15, -0.1) is 0 Å². The molecule has 0 radical (unpaired) electrons. The van der Waals surface area contributed by atoms with Gasteiger partial charge in [-0.05, 0) is 38.5 Å². The number of rotatable bonds is 2. The first-order valence-corrected chi connectivity index (χ1v) is 10.2. The fraction of sp³-hybridized carbons (Fsp3) is 0.933. The molecule has 2 unspecified atom stereocenters. The Morgan fingerprint density at radius 1 is 1.00 bits per heavy atom. The monoisotopic (exact) mass is 314 g/mol. The van der Waals surface area contributed by atoms with Crippen molar-refractivity contribution >= 4 is 15.9 Å². The summed E-state index contributed by atoms with van der Waals surface area (Å²) in [6.07, 6.45) is 10.3. The van der Waals surface area contributed by atoms with Crippen molar-refractivity contribution in [2.75, 3.05) is 6.26 Å². The second-order valence-corrected chi connectivity index (χ2v) is 9.33. The van der Waals surface area contributed by atoms with Crippen molar-refractivity contribution in [3.63, 3.8) is 0 Å². The lowest BCUT2D eigenvalue weighted by atomic mass is 9.95. The Balaban J connectivity index is 1.63. The van der Waals surface area contributed by atoms with Gasteiger partial charge in [-0.1, -0.05) is 19.3 Å². The third kappa shape index (κ3) is 3.20. The summed E-state index contributed by atoms with van der Waals surface area (Å²) in [5.41, 5.74) is 0. The van der Waals surface area contributed by atoms with E-state index < -0.39 is 9.84 Å². The molecular weight excluding hydrogens is 288 g/mol. The highest BCUT2D eigenvalue weighted by Gasteiger charge is 2.46. The summed E-state index contributed by atoms with van der Waals surface area (Å²) in [5, 5.41) is 2.92. The van der Waals surface area contributed by atoms with Gasteiger partial charge in [0.15, 0.2) is 0 Å². The predicted octanol–water partition coefficient (Wildman–Crippen LogP) is 2.07. The molecule has 3 fully saturated rings. The van der Waals surface area contributed by atoms with Crippen LogP contribution in [0.5, 0.6) is 0 Å². The molecule has 0 aromatic carbocycles. The quantitative estimate of drug-likeness (QED) is 0.848. The third-order valence-electron chi connectivity index (χ3n) is 5.46. The van der Waals surface area contributed by atoms with Crippen molar-refractivity contribution in [2.24, 2.45) is 0 Å². The van der Waals surface area contributed by atoms with Crippen molar-refractivity contribution < 1.29 is 13.2 Å². The minimum Gasteiger partial charge on any atom is -0.335 e. The van der Waals surface area contributed by atoms with E-state index in [1.807, 2.05) is 4.90 Å². The van der Waals surface area contributed by atoms with Gasteiger partial charge in [0.1, 0.15) is 9.84 Å². The third-order valence-corrected chi connectivity index (χ3v) is 7.06. The highest BCUT2D eigenvalue weighted by atomic mass is 32.2. The minimum absolute atomic E-state index is 0.0429. The molecule has 3 rings (SSSR count). The largest absolute Gasteiger partial charge is 0.335 e. The Bertz CT molecular complexity index is 485. The summed E-state index contributed by atoms with van der Waals surface area (Å²) >= 11 is 0. The Hall–Kier alpha value is -0.780. The van der Waals surface area contributed by atoms with Gasteiger partial charge in [0.2, 0.25) is 0 Å². The van der Waals surface area contributed by atoms with Gasteiger partial charge >= 0.3 is 6.03 Å². The van der Waals surface area contributed by atoms with Crippen LogP contribution in [0.25, 0.3) is 0 Å². The van der Waals surface area contributed by atoms with Crippen molar-refractivity contribution in [1.29, 1.82) is 0 Å². The van der Waals surface area contributed by atoms with Crippen molar-refractivity contribution in [1.82, 2.24) is 10.2 Å². The van der Waals surface area contributed by atoms with E-state index in [1.165, 1.54) is 25.5 Å². The van der Waals surface area contributed by atoms with Gasteiger partial charge in [0.05, 0.1) is 5.25 Å². The molecule has 0 aromatic rings. The number of nitrogens with one attached hydrogen (secondary N) is 1. The highest BCUT2D eigenvalue weighted by molar-refractivity contribution is 7.91. The first-order valence-electron chi connectivity index (χ1n) is 8.23. The highest BCUT2D eigenvalue weighted by Crippen LogP contribution is 2.38. The molecule has 2 atom stereocenters. The molecule has 120 valence electrons. The summed E-state index contributed by atoms with van der Waals surface area (Å²) in [7, 11) is -2.99. The number of nitrogens with zero attached hydrogens (tertiary/aromatic N) is 1. The predicted molar refractivity (Wildman–Crippen MR) is 81.9 cm³/mol. The summed E-state index contributed by atoms with van der Waals surface area (Å²) in [5.74, 6) is 0. The van der Waals surface area contributed by atoms with Crippen LogP contribution >= 0.6 is 0 Å². The Morgan fingerprint density at radius 2 is 1.57 bits per heavy atom. The number of carbonyl (C=O) groups excluding carboxylic acids is 1. The number of hydrogen-bond acceptors (Lipinski definition) is 3. The zero-order chi connectivity index (χ0) is 15.0. The number of fused-ring (bicyclic) bond motifs is 2. The molecule has 2 aliphatic heterocycles. The van der Waals surface area contributed by atoms with E-state index in [9.17, 15) is 13.2 Å². The molecule has 6 heteroatoms. The van der Waals surface area contributed by atoms with Gasteiger partial charge in [-0.2, -0.15) is 0 Å². The van der Waals surface area contributed by atoms with E-state index >= 15 is 0 Å². The molecule has 0 aromatic heterocycles. The van der Waals surface area contributed by atoms with Gasteiger partial charge in [0, 0.05) is 24.4 Å². The first kappa shape index (κ1) is 15.1. The Kier molecular flexibility index (Phi) is 4.17. The average Bonchev–Trinajstić information content (AvgIpc) is 2.69. The molecule has 21 heavy (non-hydrogen) atoms. The fourth-order valence-electron chi connectivity index (χ4n) is 4.30. The smallest absolute Gasteiger partial charge is 0.318 e. The number of amides is 2. The molecule has 5 nitrogen and oxygen atoms in total. The zero-order valence-corrected chi connectivity index (χ0v) is 13.6. The van der Waals surface area contributed by atoms with Crippen LogP contribution in [0.1, 0.15) is 57.8 Å². The molecule has 2 heterocycles. The second-order valence-electron chi connectivity index (χ2n) is 7.00. The van der Waals surface area contributed by atoms with E-state index in [4.69, 9.17) is 0 Å². The van der Waals surface area contributed by atoms with Gasteiger partial charge < -0.3 is 10.2 Å². The standard InChI is InChI=1S/C15H26N2O3S/c1-21(19,20)14-9-12-7-8-13(10-14)17(12)15(18)16-11-5-3-2-4-6-11/h11-14H,2-10H2,1H3,(H,16,18). The van der Waals surface area contributed by atoms with Crippen LogP contribution in [-0.4, -0.2) is 49.0 Å². The van der Waals surface area contributed by atoms with Crippen LogP contribution in [0.4, 0.5) is 4.79 Å². The van der Waals surface area contributed by atoms with E-state index in [0.717, 1.165) is 25.7 Å². The van der Waals surface area contributed by atoms with Crippen LogP contribution in [0, 0.1) is 0 Å². The zero-order valence-electron chi connectivity index (χ0n) is 12.8. The maximum atomic E-state index is 12.5. The molecule has 3 aliphatic rings. The normalized spacial score (nSPS) is 34.0. The number of piperidine rings is 1. The number of sulfone groups is 1. The SMILES string of the molecule is CS(=O)(=O)C1CC2CCC(C1)N2C(=O)NC1CCCCC1. The van der Waals surface area contributed by atoms with E-state index in [0.29, 0.717) is 18.9 Å². The van der Waals surface area contributed by atoms with E-state index in [-0.39, 0.29) is 23.4 Å². The average molecular weight is 314 g/mol. The summed E-state index contributed by atoms with van der Waals surface area (Å²) in [6.45, 7) is 0. The Labute approximate surface area is 127 Å². The van der Waals surface area contributed by atoms with Crippen molar-refractivity contribution in [3.8, 4) is 0 Å². The first-order chi connectivity index (χ1) is 9.95. The minimum atomic E-state index is -2.99. The molecule has 1 aliphatic carbocycles. The van der Waals surface area contributed by atoms with Crippen LogP contribution in [0.15, 0.2) is 0 Å². The number of hydrogen-bond donors (Lipinski definition) is 1. The summed E-state index contributed by atoms with van der Waals surface area (Å²) in [4.78, 5) is 14.5. The van der Waals surface area contributed by atoms with Gasteiger partial charge in [0.25, 0.3) is 0 Å². The van der Waals surface area contributed by atoms with Gasteiger partial charge in [-0.3, -0.25) is 0 Å². The van der Waals surface area contributed by atoms with Crippen LogP contribution in [-0.2, 0) is 9.84 Å². The molecule has 1 N–H and O–H groups in total. The van der Waals surface area contributed by atoms with Crippen molar-refractivity contribution in [3.05, 3.63) is 0 Å². The maximum Gasteiger partial charge on any atom is 0.318 e. The van der Waals surface area contributed by atoms with E-state index in [1.54, 1.807) is 0 Å². The summed E-state index contributed by atoms with van der Waals surface area (Å²) < 4.78 is 23.6. The molecule has 2 amide bonds.